The lowest BCUT2D eigenvalue weighted by molar-refractivity contribution is 0.320. The molecule has 0 aromatic heterocycles. The van der Waals surface area contributed by atoms with Crippen LogP contribution in [0.15, 0.2) is 24.3 Å². The maximum atomic E-state index is 5.74. The molecule has 0 fully saturated rings. The molecule has 65 valence electrons. The maximum Gasteiger partial charge on any atom is 0.127 e. The van der Waals surface area contributed by atoms with Crippen LogP contribution in [0.25, 0.3) is 0 Å². The smallest absolute Gasteiger partial charge is 0.127 e. The molecule has 0 bridgehead atoms. The first-order valence-corrected chi connectivity index (χ1v) is 4.59. The van der Waals surface area contributed by atoms with Gasteiger partial charge in [-0.1, -0.05) is 18.2 Å². The monoisotopic (exact) mass is 203 g/mol. The first-order valence-electron chi connectivity index (χ1n) is 3.62. The molecule has 0 aliphatic rings. The molecule has 0 heterocycles. The van der Waals surface area contributed by atoms with E-state index in [-0.39, 0.29) is 5.38 Å². The van der Waals surface area contributed by atoms with Crippen LogP contribution in [0, 0.1) is 6.07 Å². The molecule has 1 atom stereocenters. The van der Waals surface area contributed by atoms with Crippen molar-refractivity contribution >= 4 is 23.2 Å². The van der Waals surface area contributed by atoms with Gasteiger partial charge < -0.3 is 4.74 Å². The largest absolute Gasteiger partial charge is 0.491 e. The van der Waals surface area contributed by atoms with Crippen molar-refractivity contribution in [3.63, 3.8) is 0 Å². The van der Waals surface area contributed by atoms with Crippen LogP contribution in [0.4, 0.5) is 0 Å². The van der Waals surface area contributed by atoms with E-state index in [1.165, 1.54) is 0 Å². The fraction of sp³-hybridized carbons (Fsp3) is 0.333. The Morgan fingerprint density at radius 1 is 1.50 bits per heavy atom. The van der Waals surface area contributed by atoms with Crippen molar-refractivity contribution in [2.75, 3.05) is 12.5 Å². The van der Waals surface area contributed by atoms with Crippen LogP contribution in [0.5, 0.6) is 5.75 Å². The van der Waals surface area contributed by atoms with Gasteiger partial charge in [0.2, 0.25) is 0 Å². The highest BCUT2D eigenvalue weighted by Crippen LogP contribution is 2.09. The van der Waals surface area contributed by atoms with Crippen molar-refractivity contribution in [2.24, 2.45) is 0 Å². The Bertz CT molecular complexity index is 213. The van der Waals surface area contributed by atoms with E-state index in [1.54, 1.807) is 6.07 Å². The fourth-order valence-corrected chi connectivity index (χ4v) is 0.843. The second-order valence-corrected chi connectivity index (χ2v) is 3.22. The molecule has 3 heteroatoms. The fourth-order valence-electron chi connectivity index (χ4n) is 0.691. The molecule has 0 aliphatic heterocycles. The summed E-state index contributed by atoms with van der Waals surface area (Å²) in [5, 5.41) is -0.139. The lowest BCUT2D eigenvalue weighted by Crippen LogP contribution is -2.12. The molecule has 0 aliphatic carbocycles. The Labute approximate surface area is 82.2 Å². The van der Waals surface area contributed by atoms with E-state index in [0.29, 0.717) is 18.2 Å². The number of ether oxygens (including phenoxy) is 1. The van der Waals surface area contributed by atoms with Crippen molar-refractivity contribution in [3.8, 4) is 5.75 Å². The third-order valence-electron chi connectivity index (χ3n) is 1.27. The molecule has 1 rings (SSSR count). The van der Waals surface area contributed by atoms with Crippen molar-refractivity contribution < 1.29 is 4.74 Å². The highest BCUT2D eigenvalue weighted by Gasteiger charge is 2.02. The minimum Gasteiger partial charge on any atom is -0.491 e. The molecular formula is C9H9Cl2O. The van der Waals surface area contributed by atoms with Gasteiger partial charge in [0.25, 0.3) is 0 Å². The first kappa shape index (κ1) is 9.69. The summed E-state index contributed by atoms with van der Waals surface area (Å²) in [6.45, 7) is 0.422. The predicted octanol–water partition coefficient (Wildman–Crippen LogP) is 2.71. The summed E-state index contributed by atoms with van der Waals surface area (Å²) in [5.41, 5.74) is 0. The predicted molar refractivity (Wildman–Crippen MR) is 51.1 cm³/mol. The zero-order chi connectivity index (χ0) is 8.81. The van der Waals surface area contributed by atoms with Gasteiger partial charge in [-0.05, 0) is 6.07 Å². The highest BCUT2D eigenvalue weighted by atomic mass is 35.5. The topological polar surface area (TPSA) is 9.23 Å². The first-order chi connectivity index (χ1) is 5.83. The van der Waals surface area contributed by atoms with E-state index in [2.05, 4.69) is 6.07 Å². The second-order valence-electron chi connectivity index (χ2n) is 2.29. The second kappa shape index (κ2) is 5.28. The Morgan fingerprint density at radius 2 is 2.33 bits per heavy atom. The van der Waals surface area contributed by atoms with Crippen LogP contribution >= 0.6 is 23.2 Å². The molecule has 0 saturated carbocycles. The molecule has 0 N–H and O–H groups in total. The summed E-state index contributed by atoms with van der Waals surface area (Å²) in [7, 11) is 0. The average molecular weight is 204 g/mol. The number of rotatable bonds is 4. The molecule has 0 saturated heterocycles. The van der Waals surface area contributed by atoms with Crippen molar-refractivity contribution in [3.05, 3.63) is 30.3 Å². The minimum absolute atomic E-state index is 0.139. The summed E-state index contributed by atoms with van der Waals surface area (Å²) < 4.78 is 5.29. The maximum absolute atomic E-state index is 5.74. The molecule has 1 radical (unpaired) electrons. The van der Waals surface area contributed by atoms with Crippen LogP contribution in [0.3, 0.4) is 0 Å². The third kappa shape index (κ3) is 3.33. The molecule has 1 aromatic carbocycles. The van der Waals surface area contributed by atoms with Gasteiger partial charge in [-0.15, -0.1) is 23.2 Å². The lowest BCUT2D eigenvalue weighted by atomic mass is 10.3. The quantitative estimate of drug-likeness (QED) is 0.685. The van der Waals surface area contributed by atoms with Crippen molar-refractivity contribution in [2.45, 2.75) is 5.38 Å². The van der Waals surface area contributed by atoms with Gasteiger partial charge in [-0.25, -0.2) is 0 Å². The van der Waals surface area contributed by atoms with E-state index in [9.17, 15) is 0 Å². The van der Waals surface area contributed by atoms with Gasteiger partial charge in [0.15, 0.2) is 0 Å². The van der Waals surface area contributed by atoms with E-state index in [0.717, 1.165) is 0 Å². The Morgan fingerprint density at radius 3 is 2.92 bits per heavy atom. The van der Waals surface area contributed by atoms with E-state index >= 15 is 0 Å². The van der Waals surface area contributed by atoms with Crippen LogP contribution in [0.1, 0.15) is 0 Å². The Balaban J connectivity index is 2.33. The summed E-state index contributed by atoms with van der Waals surface area (Å²) in [5.74, 6) is 1.10. The van der Waals surface area contributed by atoms with Crippen LogP contribution < -0.4 is 4.74 Å². The van der Waals surface area contributed by atoms with E-state index in [4.69, 9.17) is 27.9 Å². The Hall–Kier alpha value is -0.400. The lowest BCUT2D eigenvalue weighted by Gasteiger charge is -2.07. The SMILES string of the molecule is ClCC(Cl)COc1[c]cccc1. The number of para-hydroxylation sites is 1. The normalized spacial score (nSPS) is 12.5. The zero-order valence-electron chi connectivity index (χ0n) is 6.47. The van der Waals surface area contributed by atoms with Crippen molar-refractivity contribution in [1.82, 2.24) is 0 Å². The number of halogens is 2. The Kier molecular flexibility index (Phi) is 4.26. The minimum atomic E-state index is -0.139. The molecule has 1 nitrogen and oxygen atoms in total. The highest BCUT2D eigenvalue weighted by molar-refractivity contribution is 6.28. The molecule has 1 aromatic rings. The standard InChI is InChI=1S/C9H9Cl2O/c10-6-8(11)7-12-9-4-2-1-3-5-9/h1-4,8H,6-7H2. The third-order valence-corrected chi connectivity index (χ3v) is 2.08. The summed E-state index contributed by atoms with van der Waals surface area (Å²) in [6.07, 6.45) is 0. The molecular weight excluding hydrogens is 195 g/mol. The van der Waals surface area contributed by atoms with Crippen LogP contribution in [-0.4, -0.2) is 17.9 Å². The summed E-state index contributed by atoms with van der Waals surface area (Å²) >= 11 is 11.2. The van der Waals surface area contributed by atoms with Gasteiger partial charge in [0.1, 0.15) is 12.4 Å². The van der Waals surface area contributed by atoms with Crippen molar-refractivity contribution in [1.29, 1.82) is 0 Å². The number of hydrogen-bond donors (Lipinski definition) is 0. The molecule has 1 unspecified atom stereocenters. The van der Waals surface area contributed by atoms with Crippen LogP contribution in [0.2, 0.25) is 0 Å². The number of hydrogen-bond acceptors (Lipinski definition) is 1. The van der Waals surface area contributed by atoms with Gasteiger partial charge in [0, 0.05) is 11.9 Å². The average Bonchev–Trinajstić information content (AvgIpc) is 2.16. The van der Waals surface area contributed by atoms with Gasteiger partial charge >= 0.3 is 0 Å². The van der Waals surface area contributed by atoms with Gasteiger partial charge in [0.05, 0.1) is 5.38 Å². The number of alkyl halides is 2. The molecule has 0 spiro atoms. The van der Waals surface area contributed by atoms with Gasteiger partial charge in [-0.3, -0.25) is 0 Å². The molecule has 0 amide bonds. The van der Waals surface area contributed by atoms with Gasteiger partial charge in [-0.2, -0.15) is 0 Å². The summed E-state index contributed by atoms with van der Waals surface area (Å²) in [4.78, 5) is 0. The summed E-state index contributed by atoms with van der Waals surface area (Å²) in [6, 6.07) is 10.3. The number of benzene rings is 1. The zero-order valence-corrected chi connectivity index (χ0v) is 7.98. The van der Waals surface area contributed by atoms with Crippen LogP contribution in [-0.2, 0) is 0 Å². The van der Waals surface area contributed by atoms with E-state index < -0.39 is 0 Å². The molecule has 12 heavy (non-hydrogen) atoms. The van der Waals surface area contributed by atoms with E-state index in [1.807, 2.05) is 18.2 Å².